The zero-order chi connectivity index (χ0) is 38.5. The lowest BCUT2D eigenvalue weighted by Crippen LogP contribution is -2.16. The zero-order valence-corrected chi connectivity index (χ0v) is 32.8. The molecule has 0 spiro atoms. The molecule has 272 valence electrons. The number of hydrogen-bond acceptors (Lipinski definition) is 1. The van der Waals surface area contributed by atoms with Gasteiger partial charge < -0.3 is 4.90 Å². The van der Waals surface area contributed by atoms with Crippen molar-refractivity contribution in [3.05, 3.63) is 210 Å². The van der Waals surface area contributed by atoms with Crippen molar-refractivity contribution >= 4 is 38.6 Å². The van der Waals surface area contributed by atoms with Crippen LogP contribution in [0.25, 0.3) is 66.1 Å². The van der Waals surface area contributed by atoms with Crippen LogP contribution in [0.2, 0.25) is 0 Å². The van der Waals surface area contributed by atoms with Crippen LogP contribution in [0.5, 0.6) is 0 Å². The first-order chi connectivity index (χ1) is 27.8. The van der Waals surface area contributed by atoms with Gasteiger partial charge in [0.2, 0.25) is 0 Å². The minimum Gasteiger partial charge on any atom is -0.310 e. The number of nitrogens with zero attached hydrogens (tertiary/aromatic N) is 1. The summed E-state index contributed by atoms with van der Waals surface area (Å²) in [5, 5.41) is 5.03. The van der Waals surface area contributed by atoms with Gasteiger partial charge >= 0.3 is 0 Å². The average molecular weight is 730 g/mol. The molecule has 2 aliphatic rings. The van der Waals surface area contributed by atoms with E-state index in [2.05, 4.69) is 221 Å². The Kier molecular flexibility index (Phi) is 7.32. The molecule has 2 aliphatic carbocycles. The number of benzene rings is 9. The molecule has 0 saturated carbocycles. The van der Waals surface area contributed by atoms with Gasteiger partial charge in [0.05, 0.1) is 5.69 Å². The number of fused-ring (bicyclic) bond motifs is 9. The molecule has 0 aliphatic heterocycles. The summed E-state index contributed by atoms with van der Waals surface area (Å²) >= 11 is 0. The number of rotatable bonds is 5. The minimum atomic E-state index is -0.0927. The SMILES string of the molecule is CC1(C)c2ccccc2-c2c(-c3ccccc3N(c3ccc(-c4cccc5c4C(C)(C)c4ccccc4-5)cc3)c3ccc4c(ccc5ccccc54)c3)cccc21. The molecular weight excluding hydrogens is 687 g/mol. The summed E-state index contributed by atoms with van der Waals surface area (Å²) in [7, 11) is 0. The van der Waals surface area contributed by atoms with E-state index in [-0.39, 0.29) is 10.8 Å². The molecule has 0 heterocycles. The molecule has 0 unspecified atom stereocenters. The standard InChI is InChI=1S/C56H43N/c1-55(2)50-24-11-8-19-48(50)53-46(21-14-25-51(53)55)45-18-9-12-26-52(45)57(40-33-34-42-38(35-40)28-27-36-15-5-6-16-41(36)42)39-31-29-37(30-32-39)43-20-13-22-47-44-17-7-10-23-49(44)56(3,4)54(43)47/h5-35H,1-4H3. The van der Waals surface area contributed by atoms with E-state index in [1.54, 1.807) is 0 Å². The smallest absolute Gasteiger partial charge is 0.0540 e. The summed E-state index contributed by atoms with van der Waals surface area (Å²) in [5.41, 5.74) is 19.2. The molecule has 0 bridgehead atoms. The third kappa shape index (κ3) is 4.95. The maximum absolute atomic E-state index is 2.47. The summed E-state index contributed by atoms with van der Waals surface area (Å²) in [6.07, 6.45) is 0. The first-order valence-electron chi connectivity index (χ1n) is 20.2. The third-order valence-electron chi connectivity index (χ3n) is 13.0. The van der Waals surface area contributed by atoms with Crippen LogP contribution in [0.4, 0.5) is 17.1 Å². The van der Waals surface area contributed by atoms with Crippen molar-refractivity contribution in [2.45, 2.75) is 38.5 Å². The summed E-state index contributed by atoms with van der Waals surface area (Å²) in [6, 6.07) is 70.0. The van der Waals surface area contributed by atoms with Crippen LogP contribution in [0, 0.1) is 0 Å². The van der Waals surface area contributed by atoms with Gasteiger partial charge in [-0.15, -0.1) is 0 Å². The van der Waals surface area contributed by atoms with E-state index in [0.29, 0.717) is 0 Å². The maximum atomic E-state index is 2.47. The molecule has 0 saturated heterocycles. The maximum Gasteiger partial charge on any atom is 0.0540 e. The van der Waals surface area contributed by atoms with Gasteiger partial charge in [0.15, 0.2) is 0 Å². The molecule has 0 amide bonds. The second-order valence-electron chi connectivity index (χ2n) is 16.9. The molecule has 0 radical (unpaired) electrons. The van der Waals surface area contributed by atoms with Gasteiger partial charge in [0.1, 0.15) is 0 Å². The molecular formula is C56H43N. The number of hydrogen-bond donors (Lipinski definition) is 0. The topological polar surface area (TPSA) is 3.24 Å². The predicted octanol–water partition coefficient (Wildman–Crippen LogP) is 15.4. The van der Waals surface area contributed by atoms with E-state index in [4.69, 9.17) is 0 Å². The minimum absolute atomic E-state index is 0.0823. The lowest BCUT2D eigenvalue weighted by Gasteiger charge is -2.29. The molecule has 0 aromatic heterocycles. The fourth-order valence-corrected chi connectivity index (χ4v) is 10.3. The second-order valence-corrected chi connectivity index (χ2v) is 16.9. The van der Waals surface area contributed by atoms with Crippen LogP contribution >= 0.6 is 0 Å². The molecule has 1 nitrogen and oxygen atoms in total. The first kappa shape index (κ1) is 33.6. The summed E-state index contributed by atoms with van der Waals surface area (Å²) in [6.45, 7) is 9.47. The van der Waals surface area contributed by atoms with Crippen molar-refractivity contribution in [1.29, 1.82) is 0 Å². The summed E-state index contributed by atoms with van der Waals surface area (Å²) in [5.74, 6) is 0. The van der Waals surface area contributed by atoms with Gasteiger partial charge in [-0.25, -0.2) is 0 Å². The highest BCUT2D eigenvalue weighted by Gasteiger charge is 2.38. The van der Waals surface area contributed by atoms with Gasteiger partial charge in [0, 0.05) is 27.8 Å². The van der Waals surface area contributed by atoms with Crippen LogP contribution in [-0.4, -0.2) is 0 Å². The van der Waals surface area contributed by atoms with E-state index in [9.17, 15) is 0 Å². The van der Waals surface area contributed by atoms with Crippen molar-refractivity contribution in [2.24, 2.45) is 0 Å². The number of para-hydroxylation sites is 1. The van der Waals surface area contributed by atoms with E-state index >= 15 is 0 Å². The van der Waals surface area contributed by atoms with Crippen LogP contribution in [0.3, 0.4) is 0 Å². The van der Waals surface area contributed by atoms with Crippen molar-refractivity contribution in [3.63, 3.8) is 0 Å². The Morgan fingerprint density at radius 3 is 1.74 bits per heavy atom. The largest absolute Gasteiger partial charge is 0.310 e. The molecule has 0 fully saturated rings. The molecule has 57 heavy (non-hydrogen) atoms. The predicted molar refractivity (Wildman–Crippen MR) is 242 cm³/mol. The molecule has 0 atom stereocenters. The number of anilines is 3. The molecule has 9 aromatic carbocycles. The van der Waals surface area contributed by atoms with Gasteiger partial charge in [-0.1, -0.05) is 185 Å². The lowest BCUT2D eigenvalue weighted by atomic mass is 9.79. The Morgan fingerprint density at radius 2 is 0.912 bits per heavy atom. The highest BCUT2D eigenvalue weighted by atomic mass is 15.1. The monoisotopic (exact) mass is 729 g/mol. The van der Waals surface area contributed by atoms with Crippen LogP contribution in [0.15, 0.2) is 188 Å². The van der Waals surface area contributed by atoms with Gasteiger partial charge in [-0.05, 0) is 113 Å². The Hall–Kier alpha value is -6.70. The Morgan fingerprint density at radius 1 is 0.351 bits per heavy atom. The first-order valence-corrected chi connectivity index (χ1v) is 20.2. The van der Waals surface area contributed by atoms with Gasteiger partial charge in [-0.3, -0.25) is 0 Å². The Balaban J connectivity index is 1.11. The van der Waals surface area contributed by atoms with E-state index < -0.39 is 0 Å². The normalized spacial score (nSPS) is 14.2. The zero-order valence-electron chi connectivity index (χ0n) is 32.8. The average Bonchev–Trinajstić information content (AvgIpc) is 3.64. The molecule has 1 heteroatoms. The van der Waals surface area contributed by atoms with Crippen LogP contribution in [0.1, 0.15) is 49.9 Å². The Labute approximate surface area is 335 Å². The third-order valence-corrected chi connectivity index (χ3v) is 13.0. The molecule has 9 aromatic rings. The fraction of sp³-hybridized carbons (Fsp3) is 0.107. The molecule has 0 N–H and O–H groups in total. The van der Waals surface area contributed by atoms with E-state index in [1.807, 2.05) is 0 Å². The van der Waals surface area contributed by atoms with Gasteiger partial charge in [0.25, 0.3) is 0 Å². The van der Waals surface area contributed by atoms with Crippen LogP contribution < -0.4 is 4.90 Å². The van der Waals surface area contributed by atoms with E-state index in [1.165, 1.54) is 88.3 Å². The summed E-state index contributed by atoms with van der Waals surface area (Å²) < 4.78 is 0. The fourth-order valence-electron chi connectivity index (χ4n) is 10.3. The lowest BCUT2D eigenvalue weighted by molar-refractivity contribution is 0.660. The van der Waals surface area contributed by atoms with E-state index in [0.717, 1.165) is 17.1 Å². The van der Waals surface area contributed by atoms with Crippen LogP contribution in [-0.2, 0) is 10.8 Å². The van der Waals surface area contributed by atoms with Crippen molar-refractivity contribution < 1.29 is 0 Å². The highest BCUT2D eigenvalue weighted by molar-refractivity contribution is 6.09. The second kappa shape index (κ2) is 12.4. The van der Waals surface area contributed by atoms with Crippen molar-refractivity contribution in [1.82, 2.24) is 0 Å². The summed E-state index contributed by atoms with van der Waals surface area (Å²) in [4.78, 5) is 2.47. The Bertz CT molecular complexity index is 3070. The quantitative estimate of drug-likeness (QED) is 0.159. The molecule has 11 rings (SSSR count). The highest BCUT2D eigenvalue weighted by Crippen LogP contribution is 2.55. The van der Waals surface area contributed by atoms with Crippen molar-refractivity contribution in [3.8, 4) is 44.5 Å². The van der Waals surface area contributed by atoms with Crippen molar-refractivity contribution in [2.75, 3.05) is 4.90 Å². The van der Waals surface area contributed by atoms with Gasteiger partial charge in [-0.2, -0.15) is 0 Å².